The van der Waals surface area contributed by atoms with Gasteiger partial charge < -0.3 is 81.8 Å². The summed E-state index contributed by atoms with van der Waals surface area (Å²) in [7, 11) is 7.67. The Morgan fingerprint density at radius 2 is 1.46 bits per heavy atom. The molecule has 6 aliphatic rings. The molecule has 0 radical (unpaired) electrons. The van der Waals surface area contributed by atoms with Crippen LogP contribution in [0.5, 0.6) is 5.75 Å². The van der Waals surface area contributed by atoms with E-state index < -0.39 is 132 Å². The number of carbonyl (C=O) groups excluding carboxylic acids is 12. The second kappa shape index (κ2) is 42.3. The molecule has 2 saturated heterocycles. The maximum Gasteiger partial charge on any atom is 0.246 e. The van der Waals surface area contributed by atoms with Crippen molar-refractivity contribution in [2.24, 2.45) is 11.8 Å². The second-order valence-corrected chi connectivity index (χ2v) is 32.5. The Morgan fingerprint density at radius 1 is 0.716 bits per heavy atom. The number of nitrogens with zero attached hydrogens (tertiary/aromatic N) is 5. The predicted molar refractivity (Wildman–Crippen MR) is 432 cm³/mol. The van der Waals surface area contributed by atoms with E-state index in [9.17, 15) is 38.7 Å². The van der Waals surface area contributed by atoms with Gasteiger partial charge in [0.1, 0.15) is 60.5 Å². The molecule has 0 spiro atoms. The molecule has 0 saturated carbocycles. The number of ether oxygens (including phenoxy) is 4. The van der Waals surface area contributed by atoms with Crippen molar-refractivity contribution in [1.82, 2.24) is 45.9 Å². The second-order valence-electron chi connectivity index (χ2n) is 32.5. The van der Waals surface area contributed by atoms with Crippen molar-refractivity contribution in [3.63, 3.8) is 0 Å². The Hall–Kier alpha value is -9.87. The van der Waals surface area contributed by atoms with Gasteiger partial charge in [0, 0.05) is 120 Å². The van der Waals surface area contributed by atoms with Crippen molar-refractivity contribution in [3.8, 4) is 5.75 Å². The van der Waals surface area contributed by atoms with Crippen molar-refractivity contribution in [3.05, 3.63) is 156 Å². The van der Waals surface area contributed by atoms with Gasteiger partial charge in [-0.1, -0.05) is 72.8 Å². The maximum atomic E-state index is 16.2. The smallest absolute Gasteiger partial charge is 0.246 e. The van der Waals surface area contributed by atoms with Gasteiger partial charge in [0.15, 0.2) is 11.6 Å². The molecular weight excluding hydrogens is 1490 g/mol. The van der Waals surface area contributed by atoms with E-state index in [0.29, 0.717) is 90.6 Å². The fourth-order valence-electron chi connectivity index (χ4n) is 15.8. The number of hydrogen-bond acceptors (Lipinski definition) is 17. The van der Waals surface area contributed by atoms with Gasteiger partial charge in [0.2, 0.25) is 47.3 Å². The number of ketones is 4. The van der Waals surface area contributed by atoms with Gasteiger partial charge in [-0.2, -0.15) is 0 Å². The summed E-state index contributed by atoms with van der Waals surface area (Å²) in [6, 6.07) is 17.9. The van der Waals surface area contributed by atoms with Crippen LogP contribution in [0.25, 0.3) is 10.9 Å². The monoisotopic (exact) mass is 1600 g/mol. The van der Waals surface area contributed by atoms with Gasteiger partial charge in [-0.05, 0) is 149 Å². The first kappa shape index (κ1) is 90.1. The summed E-state index contributed by atoms with van der Waals surface area (Å²) in [5.74, 6) is -10.1. The number of quaternary nitrogens is 1. The molecule has 116 heavy (non-hydrogen) atoms. The highest BCUT2D eigenvalue weighted by molar-refractivity contribution is 6.00. The molecule has 5 aromatic rings. The highest BCUT2D eigenvalue weighted by Gasteiger charge is 2.49. The SMILES string of the molecule is COc1ccc(C[C@@H]2NC(=O)[C@H]([C@@H](C)O)NC(=O)[C@@H]3[C@@H]4CCN3C(=O)[C@H]3CC(=O)[C@H](Cc5cccc(c5)CNC(=O)CO4)NC(=O)[C@@H](C)NC(=O)[C@H](CCC(=O)CCOCCOCC[N+](C)(C)C)CC(=O)CCC(=O)N(CCCC=CCn4cc(c5cc(F)ccc54)C3)Cc3ccc(cc3)CCCC(=O)[C@]3(C)CCCN3C2=O)cc1.[CH3-]. The van der Waals surface area contributed by atoms with Crippen molar-refractivity contribution >= 4 is 81.3 Å². The number of halogens is 1. The number of rotatable bonds is 16. The van der Waals surface area contributed by atoms with E-state index in [-0.39, 0.29) is 148 Å². The molecule has 12 bridgehead atoms. The standard InChI is InChI=1S/C87H113FN10O17.CH3/c1-56-81(106)91-71-47-61-16-12-17-62(45-61)52-89-77(104)55-115-75-33-39-96-80(75)84(109)93-79(57(2)99)83(108)92-72(46-59-23-29-69(112-7)30-24-59)86(111)97-38-14-35-87(97,3)76(103)18-13-15-58-19-21-60(22-20-58)53-95(37-11-9-8-10-36-94-54-65(48-64(85(96)110)50-74(71)102)70-51-66(88)26-31-73(70)94)78(105)32-28-68(101)49-63(82(107)90-56)25-27-67(100)34-41-113-43-44-114-42-40-98(4,5)6;/h8,10,12,16-17,19-24,26,29-31,45,51,54,56-57,63-64,71-72,75,79-80,99H,9,11,13-15,18,25,27-28,32-44,46-50,52-53,55H2,1-7H3,(H4-,89,90,91,92,93,104,106,107,108,109);1H3/q;-1/p+1/t56-,57-,63-,64-,71+,72+,75+,79+,80+,87+;/m1./s1. The number of aromatic nitrogens is 1. The third-order valence-corrected chi connectivity index (χ3v) is 22.6. The lowest BCUT2D eigenvalue weighted by Crippen LogP contribution is -2.62. The zero-order valence-electron chi connectivity index (χ0n) is 68.4. The average Bonchev–Trinajstić information content (AvgIpc) is 1.59. The fraction of sp³-hybridized carbons (Fsp3) is 0.534. The van der Waals surface area contributed by atoms with Crippen LogP contribution in [0.2, 0.25) is 0 Å². The Labute approximate surface area is 679 Å². The topological polar surface area (TPSA) is 337 Å². The molecule has 11 rings (SSSR count). The van der Waals surface area contributed by atoms with Crippen molar-refractivity contribution in [2.75, 3.05) is 87.5 Å². The summed E-state index contributed by atoms with van der Waals surface area (Å²) < 4.78 is 41.5. The average molecular weight is 1610 g/mol. The van der Waals surface area contributed by atoms with Gasteiger partial charge in [-0.25, -0.2) is 4.39 Å². The molecule has 2 fully saturated rings. The number of likely N-dealkylation sites (N-methyl/N-ethyl adjacent to an activating group) is 1. The van der Waals surface area contributed by atoms with Gasteiger partial charge in [-0.3, -0.25) is 57.5 Å². The zero-order valence-corrected chi connectivity index (χ0v) is 68.4. The minimum Gasteiger partial charge on any atom is -0.497 e. The molecule has 10 atom stereocenters. The van der Waals surface area contributed by atoms with Gasteiger partial charge in [0.25, 0.3) is 0 Å². The number of allylic oxidation sites excluding steroid dienone is 2. The highest BCUT2D eigenvalue weighted by atomic mass is 19.1. The van der Waals surface area contributed by atoms with Crippen LogP contribution >= 0.6 is 0 Å². The lowest BCUT2D eigenvalue weighted by molar-refractivity contribution is -0.870. The molecule has 6 aliphatic heterocycles. The van der Waals surface area contributed by atoms with Crippen LogP contribution in [-0.2, 0) is 117 Å². The summed E-state index contributed by atoms with van der Waals surface area (Å²) in [6.07, 6.45) is 3.15. The highest BCUT2D eigenvalue weighted by Crippen LogP contribution is 2.35. The van der Waals surface area contributed by atoms with Crippen LogP contribution in [0, 0.1) is 25.1 Å². The number of Topliss-reactive ketones (excluding diaryl/α,β-unsaturated/α-hetero) is 4. The van der Waals surface area contributed by atoms with Crippen molar-refractivity contribution in [1.29, 1.82) is 0 Å². The first-order chi connectivity index (χ1) is 55.0. The lowest BCUT2D eigenvalue weighted by Gasteiger charge is -2.37. The molecule has 1 aromatic heterocycles. The zero-order chi connectivity index (χ0) is 82.5. The number of methoxy groups -OCH3 is 1. The van der Waals surface area contributed by atoms with Crippen LogP contribution < -0.4 is 31.3 Å². The number of hydrogen-bond donors (Lipinski definition) is 6. The molecule has 8 amide bonds. The summed E-state index contributed by atoms with van der Waals surface area (Å²) in [4.78, 5) is 183. The van der Waals surface area contributed by atoms with E-state index in [1.54, 1.807) is 72.6 Å². The molecule has 0 aliphatic carbocycles. The van der Waals surface area contributed by atoms with Crippen LogP contribution in [0.15, 0.2) is 109 Å². The van der Waals surface area contributed by atoms with Gasteiger partial charge in [0.05, 0.1) is 78.5 Å². The molecular formula is C88H117FN10O17. The molecule has 0 unspecified atom stereocenters. The number of aryl methyl sites for hydroxylation is 1. The number of nitrogens with one attached hydrogen (secondary N) is 5. The minimum absolute atomic E-state index is 0. The first-order valence-electron chi connectivity index (χ1n) is 40.5. The normalized spacial score (nSPS) is 24.5. The van der Waals surface area contributed by atoms with Gasteiger partial charge >= 0.3 is 0 Å². The van der Waals surface area contributed by atoms with E-state index in [4.69, 9.17) is 18.9 Å². The van der Waals surface area contributed by atoms with E-state index in [1.165, 1.54) is 42.9 Å². The van der Waals surface area contributed by atoms with E-state index in [0.717, 1.165) is 22.2 Å². The summed E-state index contributed by atoms with van der Waals surface area (Å²) in [6.45, 7) is 6.36. The number of carbonyl (C=O) groups is 12. The quantitative estimate of drug-likeness (QED) is 0.0273. The lowest BCUT2D eigenvalue weighted by atomic mass is 9.88. The van der Waals surface area contributed by atoms with E-state index in [2.05, 4.69) is 47.7 Å². The summed E-state index contributed by atoms with van der Waals surface area (Å²) in [5.41, 5.74) is 3.09. The number of aliphatic hydroxyl groups is 1. The Morgan fingerprint density at radius 3 is 2.20 bits per heavy atom. The van der Waals surface area contributed by atoms with E-state index >= 15 is 28.4 Å². The van der Waals surface area contributed by atoms with Crippen molar-refractivity contribution < 1.29 is 90.5 Å². The van der Waals surface area contributed by atoms with Crippen LogP contribution in [0.3, 0.4) is 0 Å². The predicted octanol–water partition coefficient (Wildman–Crippen LogP) is 6.30. The number of benzene rings is 4. The minimum atomic E-state index is -1.82. The molecule has 28 heteroatoms. The fourth-order valence-corrected chi connectivity index (χ4v) is 15.8. The maximum absolute atomic E-state index is 16.2. The molecule has 6 N–H and O–H groups in total. The van der Waals surface area contributed by atoms with E-state index in [1.807, 2.05) is 41.0 Å². The molecule has 4 aromatic carbocycles. The Kier molecular flexibility index (Phi) is 32.9. The van der Waals surface area contributed by atoms with Gasteiger partial charge in [-0.15, -0.1) is 0 Å². The Bertz CT molecular complexity index is 4330. The Balaban J connectivity index is 0.0000154. The molecule has 27 nitrogen and oxygen atoms in total. The molecule has 628 valence electrons. The largest absolute Gasteiger partial charge is 0.497 e. The molecule has 7 heterocycles. The van der Waals surface area contributed by atoms with Crippen LogP contribution in [0.1, 0.15) is 144 Å². The number of aliphatic hydroxyl groups excluding tert-OH is 1. The number of fused-ring (bicyclic) bond motifs is 16. The van der Waals surface area contributed by atoms with Crippen LogP contribution in [0.4, 0.5) is 4.39 Å². The van der Waals surface area contributed by atoms with Crippen molar-refractivity contribution in [2.45, 2.75) is 204 Å². The third kappa shape index (κ3) is 25.1. The van der Waals surface area contributed by atoms with Crippen LogP contribution in [-0.4, -0.2) is 235 Å². The first-order valence-corrected chi connectivity index (χ1v) is 40.5. The summed E-state index contributed by atoms with van der Waals surface area (Å²) in [5, 5.41) is 26.0. The summed E-state index contributed by atoms with van der Waals surface area (Å²) >= 11 is 0. The third-order valence-electron chi connectivity index (χ3n) is 22.6. The number of amides is 8.